The number of nitrogens with zero attached hydrogens (tertiary/aromatic N) is 5. The van der Waals surface area contributed by atoms with Gasteiger partial charge in [-0.15, -0.1) is 11.3 Å². The first-order valence-corrected chi connectivity index (χ1v) is 19.7. The lowest BCUT2D eigenvalue weighted by Crippen LogP contribution is -2.24. The third-order valence-electron chi connectivity index (χ3n) is 9.97. The van der Waals surface area contributed by atoms with Crippen molar-refractivity contribution < 1.29 is 19.3 Å². The molecule has 54 heavy (non-hydrogen) atoms. The lowest BCUT2D eigenvalue weighted by atomic mass is 9.93. The molecule has 2 aromatic heterocycles. The molecule has 1 fully saturated rings. The Hall–Kier alpha value is -4.50. The number of aliphatic hydroxyl groups is 1. The average Bonchev–Trinajstić information content (AvgIpc) is 3.79. The highest BCUT2D eigenvalue weighted by Crippen LogP contribution is 2.37. The highest BCUT2D eigenvalue weighted by Gasteiger charge is 2.20. The Morgan fingerprint density at radius 3 is 2.52 bits per heavy atom. The Balaban J connectivity index is 1.16. The molecule has 9 nitrogen and oxygen atoms in total. The fraction of sp³-hybridized carbons (Fsp3) is 0.372. The van der Waals surface area contributed by atoms with E-state index in [1.165, 1.54) is 11.1 Å². The minimum absolute atomic E-state index is 0.200. The van der Waals surface area contributed by atoms with Crippen molar-refractivity contribution in [3.8, 4) is 34.4 Å². The van der Waals surface area contributed by atoms with Crippen molar-refractivity contribution >= 4 is 22.9 Å². The molecule has 6 rings (SSSR count). The Morgan fingerprint density at radius 1 is 0.963 bits per heavy atom. The zero-order chi connectivity index (χ0) is 38.0. The maximum atomic E-state index is 9.81. The fourth-order valence-corrected chi connectivity index (χ4v) is 7.81. The predicted octanol–water partition coefficient (Wildman–Crippen LogP) is 8.32. The largest absolute Gasteiger partial charge is 0.493 e. The number of likely N-dealkylation sites (tertiary alicyclic amines) is 1. The van der Waals surface area contributed by atoms with Gasteiger partial charge < -0.3 is 29.1 Å². The lowest BCUT2D eigenvalue weighted by molar-refractivity contribution is 0.173. The van der Waals surface area contributed by atoms with Gasteiger partial charge in [-0.05, 0) is 93.1 Å². The molecular weight excluding hydrogens is 718 g/mol. The van der Waals surface area contributed by atoms with Crippen LogP contribution in [0.3, 0.4) is 0 Å². The standard InChI is InChI=1S/C43H48ClN5O4S/c1-29-34(8-5-9-37(29)38-10-6-11-40(30(38)2)51-17-7-14-49-16-12-36(50)25-49)27-53-42-20-41(52-26-33-18-32(21-45)22-46-23-33)35(19-39(42)44)24-48(4)15-13-43-31(3)47-28-54-43/h5-6,8-11,18-20,22-23,28,36,50H,7,12-17,24-27H2,1-4H3/t36-/m1/s1. The van der Waals surface area contributed by atoms with Gasteiger partial charge in [-0.3, -0.25) is 4.98 Å². The van der Waals surface area contributed by atoms with E-state index in [-0.39, 0.29) is 12.7 Å². The number of thiazole rings is 1. The summed E-state index contributed by atoms with van der Waals surface area (Å²) in [7, 11) is 2.08. The molecule has 1 saturated heterocycles. The topological polar surface area (TPSA) is 104 Å². The molecule has 0 saturated carbocycles. The summed E-state index contributed by atoms with van der Waals surface area (Å²) in [6.45, 7) is 11.6. The van der Waals surface area contributed by atoms with E-state index < -0.39 is 0 Å². The van der Waals surface area contributed by atoms with Crippen molar-refractivity contribution in [3.05, 3.63) is 121 Å². The molecule has 0 unspecified atom stereocenters. The number of hydrogen-bond donors (Lipinski definition) is 1. The van der Waals surface area contributed by atoms with Crippen LogP contribution in [0.15, 0.2) is 72.5 Å². The Bertz CT molecular complexity index is 2080. The lowest BCUT2D eigenvalue weighted by Gasteiger charge is -2.21. The minimum atomic E-state index is -0.200. The van der Waals surface area contributed by atoms with Crippen molar-refractivity contribution in [2.45, 2.75) is 65.9 Å². The molecule has 0 bridgehead atoms. The Labute approximate surface area is 327 Å². The smallest absolute Gasteiger partial charge is 0.142 e. The van der Waals surface area contributed by atoms with Gasteiger partial charge in [0.25, 0.3) is 0 Å². The third-order valence-corrected chi connectivity index (χ3v) is 11.3. The molecule has 0 spiro atoms. The minimum Gasteiger partial charge on any atom is -0.493 e. The van der Waals surface area contributed by atoms with E-state index in [0.29, 0.717) is 41.8 Å². The molecule has 5 aromatic rings. The maximum Gasteiger partial charge on any atom is 0.142 e. The quantitative estimate of drug-likeness (QED) is 0.0937. The number of aryl methyl sites for hydroxylation is 1. The average molecular weight is 766 g/mol. The normalized spacial score (nSPS) is 14.4. The van der Waals surface area contributed by atoms with Gasteiger partial charge in [-0.2, -0.15) is 5.26 Å². The van der Waals surface area contributed by atoms with Crippen molar-refractivity contribution in [2.24, 2.45) is 0 Å². The van der Waals surface area contributed by atoms with Gasteiger partial charge in [-0.1, -0.05) is 41.9 Å². The van der Waals surface area contributed by atoms with Crippen LogP contribution in [0.5, 0.6) is 17.2 Å². The number of aromatic nitrogens is 2. The summed E-state index contributed by atoms with van der Waals surface area (Å²) in [6, 6.07) is 20.2. The number of aliphatic hydroxyl groups excluding tert-OH is 1. The molecule has 11 heteroatoms. The summed E-state index contributed by atoms with van der Waals surface area (Å²) in [5.41, 5.74) is 10.7. The van der Waals surface area contributed by atoms with E-state index in [1.54, 1.807) is 23.6 Å². The van der Waals surface area contributed by atoms with Crippen LogP contribution in [0.2, 0.25) is 5.02 Å². The van der Waals surface area contributed by atoms with Crippen LogP contribution in [0.4, 0.5) is 0 Å². The molecule has 0 amide bonds. The zero-order valence-electron chi connectivity index (χ0n) is 31.5. The number of ether oxygens (including phenoxy) is 3. The summed E-state index contributed by atoms with van der Waals surface area (Å²) in [5, 5.41) is 19.7. The number of likely N-dealkylation sites (N-methyl/N-ethyl adjacent to an activating group) is 1. The van der Waals surface area contributed by atoms with Crippen LogP contribution in [0.1, 0.15) is 56.8 Å². The predicted molar refractivity (Wildman–Crippen MR) is 214 cm³/mol. The molecule has 1 aliphatic rings. The maximum absolute atomic E-state index is 9.81. The van der Waals surface area contributed by atoms with Crippen molar-refractivity contribution in [3.63, 3.8) is 0 Å². The molecular formula is C43H48ClN5O4S. The fourth-order valence-electron chi connectivity index (χ4n) is 6.80. The van der Waals surface area contributed by atoms with Crippen LogP contribution in [-0.2, 0) is 26.2 Å². The second kappa shape index (κ2) is 18.7. The molecule has 1 N–H and O–H groups in total. The van der Waals surface area contributed by atoms with Crippen LogP contribution in [0, 0.1) is 32.1 Å². The molecule has 1 aliphatic heterocycles. The SMILES string of the molecule is Cc1ncsc1CCN(C)Cc1cc(Cl)c(OCc2cccc(-c3cccc(OCCCN4CC[C@@H](O)C4)c3C)c2C)cc1OCc1cncc(C#N)c1. The molecule has 0 radical (unpaired) electrons. The van der Waals surface area contributed by atoms with Crippen LogP contribution < -0.4 is 14.2 Å². The van der Waals surface area contributed by atoms with Crippen molar-refractivity contribution in [1.29, 1.82) is 5.26 Å². The van der Waals surface area contributed by atoms with Gasteiger partial charge >= 0.3 is 0 Å². The second-order valence-electron chi connectivity index (χ2n) is 14.0. The van der Waals surface area contributed by atoms with Crippen LogP contribution >= 0.6 is 22.9 Å². The highest BCUT2D eigenvalue weighted by molar-refractivity contribution is 7.09. The molecule has 3 aromatic carbocycles. The Kier molecular flexibility index (Phi) is 13.6. The number of pyridine rings is 1. The number of nitriles is 1. The number of hydrogen-bond acceptors (Lipinski definition) is 10. The first kappa shape index (κ1) is 39.2. The van der Waals surface area contributed by atoms with E-state index >= 15 is 0 Å². The summed E-state index contributed by atoms with van der Waals surface area (Å²) in [5.74, 6) is 2.07. The molecule has 1 atom stereocenters. The van der Waals surface area contributed by atoms with Gasteiger partial charge in [0.1, 0.15) is 36.5 Å². The van der Waals surface area contributed by atoms with E-state index in [4.69, 9.17) is 25.8 Å². The molecule has 0 aliphatic carbocycles. The van der Waals surface area contributed by atoms with Gasteiger partial charge in [0.2, 0.25) is 0 Å². The second-order valence-corrected chi connectivity index (χ2v) is 15.3. The first-order chi connectivity index (χ1) is 26.2. The van der Waals surface area contributed by atoms with Crippen LogP contribution in [-0.4, -0.2) is 70.8 Å². The van der Waals surface area contributed by atoms with E-state index in [2.05, 4.69) is 71.0 Å². The first-order valence-electron chi connectivity index (χ1n) is 18.4. The Morgan fingerprint density at radius 2 is 1.76 bits per heavy atom. The van der Waals surface area contributed by atoms with Crippen LogP contribution in [0.25, 0.3) is 11.1 Å². The molecule has 282 valence electrons. The number of rotatable bonds is 17. The van der Waals surface area contributed by atoms with E-state index in [1.807, 2.05) is 36.7 Å². The summed E-state index contributed by atoms with van der Waals surface area (Å²) < 4.78 is 19.1. The monoisotopic (exact) mass is 765 g/mol. The van der Waals surface area contributed by atoms with Gasteiger partial charge in [0.15, 0.2) is 0 Å². The zero-order valence-corrected chi connectivity index (χ0v) is 33.1. The summed E-state index contributed by atoms with van der Waals surface area (Å²) in [6.07, 6.45) is 5.72. The van der Waals surface area contributed by atoms with Gasteiger partial charge in [-0.25, -0.2) is 4.98 Å². The van der Waals surface area contributed by atoms with Gasteiger partial charge in [0, 0.05) is 67.2 Å². The van der Waals surface area contributed by atoms with Gasteiger partial charge in [0.05, 0.1) is 34.5 Å². The number of halogens is 1. The van der Waals surface area contributed by atoms with Crippen molar-refractivity contribution in [2.75, 3.05) is 39.8 Å². The summed E-state index contributed by atoms with van der Waals surface area (Å²) >= 11 is 8.59. The summed E-state index contributed by atoms with van der Waals surface area (Å²) in [4.78, 5) is 14.4. The number of β-amino-alcohol motifs (C(OH)–C–C–N with tert-alkyl or cyclic N) is 1. The van der Waals surface area contributed by atoms with Crippen molar-refractivity contribution in [1.82, 2.24) is 19.8 Å². The third kappa shape index (κ3) is 10.2. The van der Waals surface area contributed by atoms with E-state index in [9.17, 15) is 10.4 Å². The van der Waals surface area contributed by atoms with E-state index in [0.717, 1.165) is 95.8 Å². The number of benzene rings is 3. The molecule has 3 heterocycles. The highest BCUT2D eigenvalue weighted by atomic mass is 35.5.